The molecule has 426 valence electrons. The van der Waals surface area contributed by atoms with Gasteiger partial charge in [-0.05, 0) is 103 Å². The van der Waals surface area contributed by atoms with E-state index in [1.54, 1.807) is 44.2 Å². The van der Waals surface area contributed by atoms with Crippen LogP contribution in [-0.2, 0) is 54.4 Å². The SMILES string of the molecule is CC(C)C[C@@H]1NC(=O)[C@@H](Cc2ccccc2)NC(=O)[C@H](CCN)NC(=O)[C@@H](NC(=O)[C@H](CCN)NC(=O)[C@@H](NC(=O)C2CCCC2N)C(C)O)CCNC(=O)[C@H](C(C)O)NC(=O)[C@H](CCN)NC(=O)[C@H](CCN)NC1=O. The van der Waals surface area contributed by atoms with Crippen LogP contribution in [0.5, 0.6) is 0 Å². The number of hydrogen-bond donors (Lipinski definition) is 17. The smallest absolute Gasteiger partial charge is 0.245 e. The first-order valence-electron chi connectivity index (χ1n) is 26.0. The fraction of sp³-hybridized carbons (Fsp3) is 0.673. The Bertz CT molecular complexity index is 2120. The zero-order chi connectivity index (χ0) is 56.6. The predicted octanol–water partition coefficient (Wildman–Crippen LogP) is -6.56. The molecule has 22 N–H and O–H groups in total. The first-order valence-corrected chi connectivity index (χ1v) is 26.0. The zero-order valence-corrected chi connectivity index (χ0v) is 43.9. The van der Waals surface area contributed by atoms with Crippen LogP contribution in [0.25, 0.3) is 0 Å². The lowest BCUT2D eigenvalue weighted by molar-refractivity contribution is -0.137. The Morgan fingerprint density at radius 1 is 0.618 bits per heavy atom. The standard InChI is InChI=1S/C49H83N15O12/c1-25(2)23-36-46(73)58-31(13-18-50)41(68)57-34(16-21-53)45(72)64-38(26(3)65)48(75)55-22-17-35(44(71)56-32(14-19-51)43(70)62-37(47(74)61-36)24-28-9-6-5-7-10-28)59-42(69)33(15-20-52)60-49(76)39(27(4)66)63-40(67)29-11-8-12-30(29)54/h5-7,9-10,25-27,29-39,65-66H,8,11-24,50-54H2,1-4H3,(H,55,75)(H,56,71)(H,57,68)(H,58,73)(H,59,69)(H,60,76)(H,61,74)(H,62,70)(H,63,67)(H,64,72)/t26?,27?,29?,30?,31-,32-,33-,34-,35-,36-,37+,38-,39-/m0/s1. The summed E-state index contributed by atoms with van der Waals surface area (Å²) < 4.78 is 0. The van der Waals surface area contributed by atoms with Crippen molar-refractivity contribution in [3.63, 3.8) is 0 Å². The molecule has 0 radical (unpaired) electrons. The monoisotopic (exact) mass is 1070 g/mol. The molecule has 3 rings (SSSR count). The summed E-state index contributed by atoms with van der Waals surface area (Å²) in [7, 11) is 0. The van der Waals surface area contributed by atoms with Gasteiger partial charge in [0.2, 0.25) is 59.1 Å². The number of carbonyl (C=O) groups is 10. The van der Waals surface area contributed by atoms with E-state index in [1.807, 2.05) is 0 Å². The third kappa shape index (κ3) is 20.3. The number of rotatable bonds is 20. The van der Waals surface area contributed by atoms with E-state index >= 15 is 0 Å². The number of hydrogen-bond acceptors (Lipinski definition) is 17. The Morgan fingerprint density at radius 3 is 1.63 bits per heavy atom. The van der Waals surface area contributed by atoms with E-state index in [0.717, 1.165) is 0 Å². The Morgan fingerprint density at radius 2 is 1.13 bits per heavy atom. The second kappa shape index (κ2) is 32.3. The van der Waals surface area contributed by atoms with Gasteiger partial charge in [-0.1, -0.05) is 50.6 Å². The highest BCUT2D eigenvalue weighted by Crippen LogP contribution is 2.24. The first-order chi connectivity index (χ1) is 36.0. The number of nitrogens with two attached hydrogens (primary N) is 5. The Hall–Kier alpha value is -6.36. The maximum Gasteiger partial charge on any atom is 0.245 e. The molecule has 2 aliphatic rings. The van der Waals surface area contributed by atoms with Crippen molar-refractivity contribution in [2.45, 2.75) is 165 Å². The van der Waals surface area contributed by atoms with Crippen LogP contribution in [-0.4, -0.2) is 175 Å². The van der Waals surface area contributed by atoms with E-state index in [1.165, 1.54) is 13.8 Å². The van der Waals surface area contributed by atoms with Gasteiger partial charge < -0.3 is 92.0 Å². The van der Waals surface area contributed by atoms with Crippen molar-refractivity contribution >= 4 is 59.1 Å². The number of amides is 10. The Labute approximate surface area is 443 Å². The molecule has 0 aromatic heterocycles. The molecule has 1 aromatic rings. The molecule has 0 spiro atoms. The maximum absolute atomic E-state index is 14.4. The van der Waals surface area contributed by atoms with Gasteiger partial charge in [-0.25, -0.2) is 0 Å². The molecule has 76 heavy (non-hydrogen) atoms. The highest BCUT2D eigenvalue weighted by molar-refractivity contribution is 5.99. The van der Waals surface area contributed by atoms with Crippen LogP contribution < -0.4 is 81.8 Å². The summed E-state index contributed by atoms with van der Waals surface area (Å²) in [5.41, 5.74) is 30.2. The average Bonchev–Trinajstić information content (AvgIpc) is 3.80. The highest BCUT2D eigenvalue weighted by Gasteiger charge is 2.38. The molecule has 0 bridgehead atoms. The van der Waals surface area contributed by atoms with Gasteiger partial charge in [0.1, 0.15) is 54.4 Å². The van der Waals surface area contributed by atoms with E-state index in [-0.39, 0.29) is 70.6 Å². The van der Waals surface area contributed by atoms with Gasteiger partial charge in [-0.15, -0.1) is 0 Å². The van der Waals surface area contributed by atoms with E-state index in [2.05, 4.69) is 53.2 Å². The zero-order valence-electron chi connectivity index (χ0n) is 43.9. The lowest BCUT2D eigenvalue weighted by Crippen LogP contribution is -2.61. The van der Waals surface area contributed by atoms with Crippen LogP contribution in [0.1, 0.15) is 91.0 Å². The van der Waals surface area contributed by atoms with Crippen molar-refractivity contribution < 1.29 is 58.2 Å². The van der Waals surface area contributed by atoms with Crippen LogP contribution >= 0.6 is 0 Å². The minimum Gasteiger partial charge on any atom is -0.391 e. The van der Waals surface area contributed by atoms with Crippen LogP contribution in [0.15, 0.2) is 30.3 Å². The number of aliphatic hydroxyl groups is 2. The lowest BCUT2D eigenvalue weighted by atomic mass is 10.00. The lowest BCUT2D eigenvalue weighted by Gasteiger charge is -2.29. The van der Waals surface area contributed by atoms with Gasteiger partial charge >= 0.3 is 0 Å². The second-order valence-electron chi connectivity index (χ2n) is 19.8. The van der Waals surface area contributed by atoms with Gasteiger partial charge in [-0.3, -0.25) is 47.9 Å². The van der Waals surface area contributed by atoms with Crippen molar-refractivity contribution in [3.05, 3.63) is 35.9 Å². The molecular weight excluding hydrogens is 991 g/mol. The van der Waals surface area contributed by atoms with Crippen LogP contribution in [0.4, 0.5) is 0 Å². The molecule has 27 nitrogen and oxygen atoms in total. The van der Waals surface area contributed by atoms with Crippen LogP contribution in [0.3, 0.4) is 0 Å². The summed E-state index contributed by atoms with van der Waals surface area (Å²) in [5.74, 6) is -9.56. The normalized spacial score (nSPS) is 26.4. The van der Waals surface area contributed by atoms with Crippen molar-refractivity contribution in [1.29, 1.82) is 0 Å². The van der Waals surface area contributed by atoms with E-state index in [4.69, 9.17) is 28.7 Å². The van der Waals surface area contributed by atoms with Gasteiger partial charge in [0.25, 0.3) is 0 Å². The number of nitrogens with one attached hydrogen (secondary N) is 10. The average molecular weight is 1070 g/mol. The summed E-state index contributed by atoms with van der Waals surface area (Å²) in [4.78, 5) is 139. The van der Waals surface area contributed by atoms with Gasteiger partial charge in [-0.2, -0.15) is 0 Å². The summed E-state index contributed by atoms with van der Waals surface area (Å²) in [6.07, 6.45) is -2.39. The van der Waals surface area contributed by atoms with Gasteiger partial charge in [0.15, 0.2) is 0 Å². The summed E-state index contributed by atoms with van der Waals surface area (Å²) >= 11 is 0. The van der Waals surface area contributed by atoms with E-state index < -0.39 is 151 Å². The van der Waals surface area contributed by atoms with Gasteiger partial charge in [0, 0.05) is 19.0 Å². The second-order valence-corrected chi connectivity index (χ2v) is 19.8. The highest BCUT2D eigenvalue weighted by atomic mass is 16.3. The van der Waals surface area contributed by atoms with Crippen molar-refractivity contribution in [3.8, 4) is 0 Å². The number of aliphatic hydroxyl groups excluding tert-OH is 2. The molecule has 1 aliphatic carbocycles. The van der Waals surface area contributed by atoms with Gasteiger partial charge in [0.05, 0.1) is 18.1 Å². The molecule has 1 aromatic carbocycles. The first kappa shape index (κ1) is 63.9. The molecule has 1 saturated carbocycles. The fourth-order valence-corrected chi connectivity index (χ4v) is 8.76. The molecule has 10 amide bonds. The third-order valence-corrected chi connectivity index (χ3v) is 13.0. The molecule has 27 heteroatoms. The topological polar surface area (TPSA) is 462 Å². The fourth-order valence-electron chi connectivity index (χ4n) is 8.76. The third-order valence-electron chi connectivity index (χ3n) is 13.0. The summed E-state index contributed by atoms with van der Waals surface area (Å²) in [6, 6.07) is -5.03. The van der Waals surface area contributed by atoms with Crippen molar-refractivity contribution in [1.82, 2.24) is 53.2 Å². The van der Waals surface area contributed by atoms with Crippen LogP contribution in [0.2, 0.25) is 0 Å². The number of carbonyl (C=O) groups excluding carboxylic acids is 10. The minimum absolute atomic E-state index is 0.0591. The molecule has 1 saturated heterocycles. The quantitative estimate of drug-likeness (QED) is 0.0577. The Balaban J connectivity index is 2.11. The van der Waals surface area contributed by atoms with E-state index in [0.29, 0.717) is 24.8 Å². The molecule has 13 atom stereocenters. The molecule has 2 fully saturated rings. The Kier molecular flexibility index (Phi) is 27.1. The van der Waals surface area contributed by atoms with E-state index in [9.17, 15) is 58.2 Å². The molecular formula is C49H83N15O12. The largest absolute Gasteiger partial charge is 0.391 e. The summed E-state index contributed by atoms with van der Waals surface area (Å²) in [5, 5.41) is 46.9. The maximum atomic E-state index is 14.4. The molecule has 1 heterocycles. The molecule has 1 aliphatic heterocycles. The molecule has 4 unspecified atom stereocenters. The summed E-state index contributed by atoms with van der Waals surface area (Å²) in [6.45, 7) is 5.04. The minimum atomic E-state index is -1.66. The number of benzene rings is 1. The van der Waals surface area contributed by atoms with Crippen molar-refractivity contribution in [2.24, 2.45) is 40.5 Å². The predicted molar refractivity (Wildman–Crippen MR) is 278 cm³/mol. The van der Waals surface area contributed by atoms with Crippen LogP contribution in [0, 0.1) is 11.8 Å². The van der Waals surface area contributed by atoms with Crippen molar-refractivity contribution in [2.75, 3.05) is 32.7 Å².